The number of carbonyl (C=O) groups is 1. The van der Waals surface area contributed by atoms with Crippen LogP contribution in [0.5, 0.6) is 5.75 Å². The van der Waals surface area contributed by atoms with Gasteiger partial charge < -0.3 is 14.8 Å². The van der Waals surface area contributed by atoms with E-state index in [2.05, 4.69) is 47.8 Å². The average Bonchev–Trinajstić information content (AvgIpc) is 3.33. The van der Waals surface area contributed by atoms with Gasteiger partial charge in [0.15, 0.2) is 0 Å². The van der Waals surface area contributed by atoms with Crippen molar-refractivity contribution in [1.82, 2.24) is 0 Å². The number of benzene rings is 3. The van der Waals surface area contributed by atoms with Gasteiger partial charge in [-0.3, -0.25) is 0 Å². The number of hydrogen-bond acceptors (Lipinski definition) is 4. The number of fused-ring (bicyclic) bond motifs is 3. The molecule has 32 heavy (non-hydrogen) atoms. The van der Waals surface area contributed by atoms with Crippen molar-refractivity contribution in [2.45, 2.75) is 31.9 Å². The fourth-order valence-electron chi connectivity index (χ4n) is 4.85. The summed E-state index contributed by atoms with van der Waals surface area (Å²) < 4.78 is 11.5. The molecule has 3 aromatic rings. The van der Waals surface area contributed by atoms with Crippen LogP contribution >= 0.6 is 0 Å². The summed E-state index contributed by atoms with van der Waals surface area (Å²) in [7, 11) is 0. The quantitative estimate of drug-likeness (QED) is 0.374. The number of hydrogen-bond donors (Lipinski definition) is 1. The lowest BCUT2D eigenvalue weighted by atomic mass is 9.76. The van der Waals surface area contributed by atoms with E-state index in [0.29, 0.717) is 24.7 Å². The molecule has 0 unspecified atom stereocenters. The van der Waals surface area contributed by atoms with E-state index < -0.39 is 0 Å². The van der Waals surface area contributed by atoms with Crippen molar-refractivity contribution in [3.63, 3.8) is 0 Å². The molecule has 0 aromatic heterocycles. The molecule has 3 aromatic carbocycles. The first-order chi connectivity index (χ1) is 15.7. The van der Waals surface area contributed by atoms with Crippen molar-refractivity contribution in [3.05, 3.63) is 107 Å². The molecule has 4 nitrogen and oxygen atoms in total. The normalized spacial score (nSPS) is 20.7. The Morgan fingerprint density at radius 2 is 1.81 bits per heavy atom. The van der Waals surface area contributed by atoms with E-state index in [1.54, 1.807) is 0 Å². The molecule has 1 aliphatic heterocycles. The molecule has 5 rings (SSSR count). The Bertz CT molecular complexity index is 1140. The maximum absolute atomic E-state index is 12.3. The molecule has 0 radical (unpaired) electrons. The minimum absolute atomic E-state index is 0.128. The second-order valence-electron chi connectivity index (χ2n) is 8.31. The molecule has 1 N–H and O–H groups in total. The molecule has 1 aliphatic carbocycles. The van der Waals surface area contributed by atoms with Crippen LogP contribution in [0, 0.1) is 5.92 Å². The van der Waals surface area contributed by atoms with Gasteiger partial charge in [-0.2, -0.15) is 0 Å². The lowest BCUT2D eigenvalue weighted by Gasteiger charge is -2.38. The second kappa shape index (κ2) is 8.91. The summed E-state index contributed by atoms with van der Waals surface area (Å²) in [4.78, 5) is 12.3. The van der Waals surface area contributed by atoms with E-state index in [1.807, 2.05) is 49.4 Å². The second-order valence-corrected chi connectivity index (χ2v) is 8.31. The first kappa shape index (κ1) is 20.4. The van der Waals surface area contributed by atoms with Crippen LogP contribution in [0.25, 0.3) is 0 Å². The topological polar surface area (TPSA) is 47.6 Å². The van der Waals surface area contributed by atoms with Gasteiger partial charge in [-0.15, -0.1) is 0 Å². The van der Waals surface area contributed by atoms with Crippen LogP contribution in [0.2, 0.25) is 0 Å². The minimum atomic E-state index is -0.268. The van der Waals surface area contributed by atoms with E-state index in [4.69, 9.17) is 9.47 Å². The molecule has 2 aliphatic rings. The average molecular weight is 426 g/mol. The fourth-order valence-corrected chi connectivity index (χ4v) is 4.85. The maximum Gasteiger partial charge on any atom is 0.338 e. The third-order valence-electron chi connectivity index (χ3n) is 6.37. The number of allylic oxidation sites excluding steroid dienone is 2. The van der Waals surface area contributed by atoms with Crippen molar-refractivity contribution in [2.75, 3.05) is 11.9 Å². The standard InChI is InChI=1S/C28H27NO3/c1-2-31-28(30)20-15-16-25-24(17-20)21-12-8-13-22(21)27(29-25)23-11-6-7-14-26(23)32-18-19-9-4-3-5-10-19/h3-12,14-17,21-22,27,29H,2,13,18H2,1H3/t21-,22+,27-/m1/s1. The van der Waals surface area contributed by atoms with Crippen LogP contribution in [0.15, 0.2) is 84.9 Å². The Morgan fingerprint density at radius 1 is 1.00 bits per heavy atom. The van der Waals surface area contributed by atoms with Crippen molar-refractivity contribution >= 4 is 11.7 Å². The van der Waals surface area contributed by atoms with Crippen LogP contribution in [-0.4, -0.2) is 12.6 Å². The molecule has 0 bridgehead atoms. The molecule has 4 heteroatoms. The van der Waals surface area contributed by atoms with Gasteiger partial charge in [-0.25, -0.2) is 4.79 Å². The zero-order valence-corrected chi connectivity index (χ0v) is 18.2. The summed E-state index contributed by atoms with van der Waals surface area (Å²) in [5.74, 6) is 1.26. The molecule has 162 valence electrons. The van der Waals surface area contributed by atoms with Gasteiger partial charge in [-0.05, 0) is 54.7 Å². The van der Waals surface area contributed by atoms with E-state index in [-0.39, 0.29) is 17.9 Å². The largest absolute Gasteiger partial charge is 0.489 e. The van der Waals surface area contributed by atoms with Crippen molar-refractivity contribution < 1.29 is 14.3 Å². The highest BCUT2D eigenvalue weighted by Gasteiger charge is 2.39. The van der Waals surface area contributed by atoms with Gasteiger partial charge in [0.05, 0.1) is 18.2 Å². The number of para-hydroxylation sites is 1. The minimum Gasteiger partial charge on any atom is -0.489 e. The number of nitrogens with one attached hydrogen (secondary N) is 1. The number of anilines is 1. The SMILES string of the molecule is CCOC(=O)c1ccc2c(c1)[C@@H]1C=CC[C@@H]1[C@H](c1ccccc1OCc1ccccc1)N2. The van der Waals surface area contributed by atoms with Gasteiger partial charge >= 0.3 is 5.97 Å². The maximum atomic E-state index is 12.3. The van der Waals surface area contributed by atoms with E-state index >= 15 is 0 Å². The van der Waals surface area contributed by atoms with Gasteiger partial charge in [0.2, 0.25) is 0 Å². The van der Waals surface area contributed by atoms with Gasteiger partial charge in [-0.1, -0.05) is 60.7 Å². The van der Waals surface area contributed by atoms with Crippen molar-refractivity contribution in [1.29, 1.82) is 0 Å². The van der Waals surface area contributed by atoms with E-state index in [1.165, 1.54) is 5.56 Å². The summed E-state index contributed by atoms with van der Waals surface area (Å²) in [6, 6.07) is 24.5. The molecule has 0 fully saturated rings. The van der Waals surface area contributed by atoms with E-state index in [9.17, 15) is 4.79 Å². The molecule has 3 atom stereocenters. The Kier molecular flexibility index (Phi) is 5.68. The van der Waals surface area contributed by atoms with Crippen molar-refractivity contribution in [3.8, 4) is 5.75 Å². The van der Waals surface area contributed by atoms with Crippen molar-refractivity contribution in [2.24, 2.45) is 5.92 Å². The third kappa shape index (κ3) is 3.89. The van der Waals surface area contributed by atoms with Gasteiger partial charge in [0, 0.05) is 17.2 Å². The highest BCUT2D eigenvalue weighted by molar-refractivity contribution is 5.90. The monoisotopic (exact) mass is 425 g/mol. The molecule has 0 saturated carbocycles. The third-order valence-corrected chi connectivity index (χ3v) is 6.37. The van der Waals surface area contributed by atoms with Gasteiger partial charge in [0.1, 0.15) is 12.4 Å². The summed E-state index contributed by atoms with van der Waals surface area (Å²) in [5.41, 5.74) is 5.15. The summed E-state index contributed by atoms with van der Waals surface area (Å²) in [6.45, 7) is 2.74. The molecular weight excluding hydrogens is 398 g/mol. The van der Waals surface area contributed by atoms with Crippen LogP contribution in [0.3, 0.4) is 0 Å². The predicted octanol–water partition coefficient (Wildman–Crippen LogP) is 6.27. The zero-order chi connectivity index (χ0) is 21.9. The van der Waals surface area contributed by atoms with Gasteiger partial charge in [0.25, 0.3) is 0 Å². The number of rotatable bonds is 6. The highest BCUT2D eigenvalue weighted by Crippen LogP contribution is 2.51. The number of ether oxygens (including phenoxy) is 2. The Morgan fingerprint density at radius 3 is 2.66 bits per heavy atom. The number of esters is 1. The summed E-state index contributed by atoms with van der Waals surface area (Å²) >= 11 is 0. The fraction of sp³-hybridized carbons (Fsp3) is 0.250. The summed E-state index contributed by atoms with van der Waals surface area (Å²) in [5, 5.41) is 3.75. The highest BCUT2D eigenvalue weighted by atomic mass is 16.5. The smallest absolute Gasteiger partial charge is 0.338 e. The molecule has 0 spiro atoms. The van der Waals surface area contributed by atoms with Crippen LogP contribution in [-0.2, 0) is 11.3 Å². The van der Waals surface area contributed by atoms with Crippen LogP contribution in [0.1, 0.15) is 52.4 Å². The molecular formula is C28H27NO3. The number of carbonyl (C=O) groups excluding carboxylic acids is 1. The lowest BCUT2D eigenvalue weighted by Crippen LogP contribution is -2.29. The molecule has 1 heterocycles. The molecule has 0 saturated heterocycles. The predicted molar refractivity (Wildman–Crippen MR) is 126 cm³/mol. The zero-order valence-electron chi connectivity index (χ0n) is 18.2. The van der Waals surface area contributed by atoms with Crippen LogP contribution in [0.4, 0.5) is 5.69 Å². The van der Waals surface area contributed by atoms with E-state index in [0.717, 1.165) is 29.0 Å². The Labute approximate surface area is 188 Å². The Balaban J connectivity index is 1.45. The first-order valence-electron chi connectivity index (χ1n) is 11.2. The summed E-state index contributed by atoms with van der Waals surface area (Å²) in [6.07, 6.45) is 5.52. The lowest BCUT2D eigenvalue weighted by molar-refractivity contribution is 0.0526. The Hall–Kier alpha value is -3.53. The first-order valence-corrected chi connectivity index (χ1v) is 11.2. The molecule has 0 amide bonds. The van der Waals surface area contributed by atoms with Crippen LogP contribution < -0.4 is 10.1 Å².